The highest BCUT2D eigenvalue weighted by molar-refractivity contribution is 5.82. The van der Waals surface area contributed by atoms with Gasteiger partial charge in [-0.15, -0.1) is 0 Å². The van der Waals surface area contributed by atoms with Crippen molar-refractivity contribution in [1.82, 2.24) is 4.90 Å². The summed E-state index contributed by atoms with van der Waals surface area (Å²) in [6.07, 6.45) is 1.27. The number of rotatable bonds is 3. The predicted molar refractivity (Wildman–Crippen MR) is 40.9 cm³/mol. The van der Waals surface area contributed by atoms with E-state index in [2.05, 4.69) is 4.90 Å². The predicted octanol–water partition coefficient (Wildman–Crippen LogP) is 0.917. The fourth-order valence-electron chi connectivity index (χ4n) is 0.943. The summed E-state index contributed by atoms with van der Waals surface area (Å²) in [6, 6.07) is 0. The van der Waals surface area contributed by atoms with Gasteiger partial charge in [0.15, 0.2) is 0 Å². The summed E-state index contributed by atoms with van der Waals surface area (Å²) in [7, 11) is 0. The summed E-state index contributed by atoms with van der Waals surface area (Å²) in [5.41, 5.74) is 0. The van der Waals surface area contributed by atoms with Gasteiger partial charge < -0.3 is 0 Å². The third kappa shape index (κ3) is 1.81. The van der Waals surface area contributed by atoms with Crippen LogP contribution in [0.4, 0.5) is 0 Å². The fourth-order valence-corrected chi connectivity index (χ4v) is 0.943. The van der Waals surface area contributed by atoms with Crippen molar-refractivity contribution in [1.29, 1.82) is 0 Å². The molecule has 0 radical (unpaired) electrons. The molecule has 1 heterocycles. The molecule has 2 heteroatoms. The van der Waals surface area contributed by atoms with Crippen molar-refractivity contribution in [3.05, 3.63) is 0 Å². The third-order valence-corrected chi connectivity index (χ3v) is 1.97. The average molecular weight is 141 g/mol. The van der Waals surface area contributed by atoms with Gasteiger partial charge in [-0.25, -0.2) is 0 Å². The molecule has 1 rings (SSSR count). The standard InChI is InChI=1S/C8H15NO/c1-7(2)8(10)6-9-4-3-5-9/h7H,3-6H2,1-2H3. The van der Waals surface area contributed by atoms with Crippen molar-refractivity contribution >= 4 is 5.78 Å². The molecule has 1 aliphatic heterocycles. The molecular weight excluding hydrogens is 126 g/mol. The summed E-state index contributed by atoms with van der Waals surface area (Å²) < 4.78 is 0. The smallest absolute Gasteiger partial charge is 0.149 e. The summed E-state index contributed by atoms with van der Waals surface area (Å²) >= 11 is 0. The zero-order valence-electron chi connectivity index (χ0n) is 6.76. The van der Waals surface area contributed by atoms with Crippen LogP contribution < -0.4 is 0 Å². The molecule has 1 saturated heterocycles. The van der Waals surface area contributed by atoms with Gasteiger partial charge in [0.05, 0.1) is 6.54 Å². The van der Waals surface area contributed by atoms with Gasteiger partial charge in [-0.3, -0.25) is 9.69 Å². The van der Waals surface area contributed by atoms with Gasteiger partial charge >= 0.3 is 0 Å². The van der Waals surface area contributed by atoms with Gasteiger partial charge in [0.25, 0.3) is 0 Å². The first-order chi connectivity index (χ1) is 4.70. The van der Waals surface area contributed by atoms with E-state index in [1.807, 2.05) is 13.8 Å². The van der Waals surface area contributed by atoms with Gasteiger partial charge in [-0.05, 0) is 19.5 Å². The summed E-state index contributed by atoms with van der Waals surface area (Å²) in [5.74, 6) is 0.584. The maximum atomic E-state index is 11.1. The van der Waals surface area contributed by atoms with E-state index < -0.39 is 0 Å². The number of carbonyl (C=O) groups excluding carboxylic acids is 1. The summed E-state index contributed by atoms with van der Waals surface area (Å²) in [6.45, 7) is 6.85. The number of ketones is 1. The molecule has 0 atom stereocenters. The number of Topliss-reactive ketones (excluding diaryl/α,β-unsaturated/α-hetero) is 1. The molecule has 1 aliphatic rings. The molecule has 0 aromatic carbocycles. The van der Waals surface area contributed by atoms with Crippen LogP contribution in [-0.4, -0.2) is 30.3 Å². The van der Waals surface area contributed by atoms with Crippen LogP contribution >= 0.6 is 0 Å². The Bertz CT molecular complexity index is 127. The molecule has 0 unspecified atom stereocenters. The first-order valence-corrected chi connectivity index (χ1v) is 3.95. The van der Waals surface area contributed by atoms with Crippen molar-refractivity contribution in [2.75, 3.05) is 19.6 Å². The van der Waals surface area contributed by atoms with Gasteiger partial charge in [0.2, 0.25) is 0 Å². The first kappa shape index (κ1) is 7.73. The first-order valence-electron chi connectivity index (χ1n) is 3.95. The minimum atomic E-state index is 0.209. The second kappa shape index (κ2) is 3.15. The van der Waals surface area contributed by atoms with E-state index in [0.29, 0.717) is 12.3 Å². The number of likely N-dealkylation sites (tertiary alicyclic amines) is 1. The average Bonchev–Trinajstić information content (AvgIpc) is 1.77. The molecule has 0 aromatic rings. The Hall–Kier alpha value is -0.370. The molecular formula is C8H15NO. The molecule has 0 aromatic heterocycles. The third-order valence-electron chi connectivity index (χ3n) is 1.97. The largest absolute Gasteiger partial charge is 0.298 e. The van der Waals surface area contributed by atoms with E-state index in [4.69, 9.17) is 0 Å². The van der Waals surface area contributed by atoms with E-state index in [9.17, 15) is 4.79 Å². The van der Waals surface area contributed by atoms with Gasteiger partial charge in [0, 0.05) is 5.92 Å². The maximum absolute atomic E-state index is 11.1. The van der Waals surface area contributed by atoms with E-state index in [1.165, 1.54) is 6.42 Å². The lowest BCUT2D eigenvalue weighted by Gasteiger charge is -2.30. The summed E-state index contributed by atoms with van der Waals surface area (Å²) in [4.78, 5) is 13.3. The van der Waals surface area contributed by atoms with Crippen LogP contribution in [0, 0.1) is 5.92 Å². The van der Waals surface area contributed by atoms with Gasteiger partial charge in [0.1, 0.15) is 5.78 Å². The lowest BCUT2D eigenvalue weighted by molar-refractivity contribution is -0.123. The topological polar surface area (TPSA) is 20.3 Å². The second-order valence-electron chi connectivity index (χ2n) is 3.25. The fraction of sp³-hybridized carbons (Fsp3) is 0.875. The van der Waals surface area contributed by atoms with Crippen LogP contribution in [0.3, 0.4) is 0 Å². The van der Waals surface area contributed by atoms with E-state index in [1.54, 1.807) is 0 Å². The minimum Gasteiger partial charge on any atom is -0.298 e. The quantitative estimate of drug-likeness (QED) is 0.582. The van der Waals surface area contributed by atoms with Crippen molar-refractivity contribution in [2.24, 2.45) is 5.92 Å². The molecule has 10 heavy (non-hydrogen) atoms. The van der Waals surface area contributed by atoms with Crippen LogP contribution in [0.25, 0.3) is 0 Å². The van der Waals surface area contributed by atoms with Crippen molar-refractivity contribution in [2.45, 2.75) is 20.3 Å². The molecule has 0 N–H and O–H groups in total. The lowest BCUT2D eigenvalue weighted by Crippen LogP contribution is -2.41. The SMILES string of the molecule is CC(C)C(=O)CN1CCC1. The highest BCUT2D eigenvalue weighted by Crippen LogP contribution is 2.06. The van der Waals surface area contributed by atoms with Crippen LogP contribution in [-0.2, 0) is 4.79 Å². The Balaban J connectivity index is 2.17. The Morgan fingerprint density at radius 3 is 2.40 bits per heavy atom. The zero-order chi connectivity index (χ0) is 7.56. The highest BCUT2D eigenvalue weighted by Gasteiger charge is 2.18. The highest BCUT2D eigenvalue weighted by atomic mass is 16.1. The van der Waals surface area contributed by atoms with E-state index in [0.717, 1.165) is 13.1 Å². The van der Waals surface area contributed by atoms with Crippen LogP contribution in [0.1, 0.15) is 20.3 Å². The number of carbonyl (C=O) groups is 1. The molecule has 2 nitrogen and oxygen atoms in total. The minimum absolute atomic E-state index is 0.209. The molecule has 0 bridgehead atoms. The van der Waals surface area contributed by atoms with Crippen LogP contribution in [0.15, 0.2) is 0 Å². The van der Waals surface area contributed by atoms with Crippen molar-refractivity contribution in [3.8, 4) is 0 Å². The number of nitrogens with zero attached hydrogens (tertiary/aromatic N) is 1. The lowest BCUT2D eigenvalue weighted by atomic mass is 10.1. The number of hydrogen-bond acceptors (Lipinski definition) is 2. The maximum Gasteiger partial charge on any atom is 0.149 e. The van der Waals surface area contributed by atoms with Gasteiger partial charge in [-0.2, -0.15) is 0 Å². The molecule has 1 fully saturated rings. The Kier molecular flexibility index (Phi) is 2.44. The van der Waals surface area contributed by atoms with Crippen molar-refractivity contribution in [3.63, 3.8) is 0 Å². The normalized spacial score (nSPS) is 19.1. The van der Waals surface area contributed by atoms with E-state index >= 15 is 0 Å². The molecule has 0 amide bonds. The second-order valence-corrected chi connectivity index (χ2v) is 3.25. The Labute approximate surface area is 62.2 Å². The van der Waals surface area contributed by atoms with Crippen molar-refractivity contribution < 1.29 is 4.79 Å². The Morgan fingerprint density at radius 1 is 1.50 bits per heavy atom. The molecule has 0 aliphatic carbocycles. The molecule has 0 spiro atoms. The molecule has 0 saturated carbocycles. The Morgan fingerprint density at radius 2 is 2.10 bits per heavy atom. The van der Waals surface area contributed by atoms with E-state index in [-0.39, 0.29) is 5.92 Å². The van der Waals surface area contributed by atoms with Crippen LogP contribution in [0.2, 0.25) is 0 Å². The van der Waals surface area contributed by atoms with Crippen LogP contribution in [0.5, 0.6) is 0 Å². The summed E-state index contributed by atoms with van der Waals surface area (Å²) in [5, 5.41) is 0. The van der Waals surface area contributed by atoms with Gasteiger partial charge in [-0.1, -0.05) is 13.8 Å². The monoisotopic (exact) mass is 141 g/mol. The number of hydrogen-bond donors (Lipinski definition) is 0. The molecule has 58 valence electrons. The zero-order valence-corrected chi connectivity index (χ0v) is 6.76.